The van der Waals surface area contributed by atoms with Gasteiger partial charge in [-0.05, 0) is 38.5 Å². The van der Waals surface area contributed by atoms with Gasteiger partial charge in [-0.1, -0.05) is 22.0 Å². The van der Waals surface area contributed by atoms with Crippen molar-refractivity contribution in [2.24, 2.45) is 4.40 Å². The predicted octanol–water partition coefficient (Wildman–Crippen LogP) is 4.35. The average molecular weight is 356 g/mol. The third-order valence-electron chi connectivity index (χ3n) is 2.12. The molecular formula is C12H13BrF3NOS. The average Bonchev–Trinajstić information content (AvgIpc) is 2.24. The smallest absolute Gasteiger partial charge is 0.234 e. The Bertz CT molecular complexity index is 521. The Labute approximate surface area is 120 Å². The molecule has 1 rings (SSSR count). The van der Waals surface area contributed by atoms with Crippen molar-refractivity contribution in [1.82, 2.24) is 0 Å². The Morgan fingerprint density at radius 1 is 1.26 bits per heavy atom. The van der Waals surface area contributed by atoms with Crippen LogP contribution in [0.2, 0.25) is 0 Å². The summed E-state index contributed by atoms with van der Waals surface area (Å²) >= 11 is 2.85. The van der Waals surface area contributed by atoms with E-state index in [2.05, 4.69) is 20.3 Å². The Balaban J connectivity index is 3.05. The quantitative estimate of drug-likeness (QED) is 0.725. The second-order valence-electron chi connectivity index (χ2n) is 4.83. The highest BCUT2D eigenvalue weighted by Crippen LogP contribution is 2.35. The summed E-state index contributed by atoms with van der Waals surface area (Å²) in [5.74, 6) is 0. The molecule has 0 heterocycles. The van der Waals surface area contributed by atoms with E-state index in [4.69, 9.17) is 0 Å². The molecule has 0 unspecified atom stereocenters. The van der Waals surface area contributed by atoms with Gasteiger partial charge < -0.3 is 0 Å². The lowest BCUT2D eigenvalue weighted by molar-refractivity contribution is -0.138. The van der Waals surface area contributed by atoms with Gasteiger partial charge in [0.25, 0.3) is 0 Å². The van der Waals surface area contributed by atoms with Crippen LogP contribution >= 0.6 is 15.9 Å². The maximum absolute atomic E-state index is 12.7. The molecule has 19 heavy (non-hydrogen) atoms. The zero-order valence-corrected chi connectivity index (χ0v) is 13.0. The van der Waals surface area contributed by atoms with E-state index in [9.17, 15) is 17.4 Å². The van der Waals surface area contributed by atoms with Crippen molar-refractivity contribution in [3.05, 3.63) is 33.8 Å². The van der Waals surface area contributed by atoms with Gasteiger partial charge in [-0.2, -0.15) is 17.6 Å². The van der Waals surface area contributed by atoms with E-state index in [-0.39, 0.29) is 10.0 Å². The summed E-state index contributed by atoms with van der Waals surface area (Å²) in [6.45, 7) is 5.22. The Morgan fingerprint density at radius 3 is 2.32 bits per heavy atom. The van der Waals surface area contributed by atoms with Crippen molar-refractivity contribution >= 4 is 33.1 Å². The standard InChI is InChI=1S/C12H13BrF3NOS/c1-11(2,3)19(18)17-7-8-4-5-10(13)9(6-8)12(14,15)16/h4-7H,1-3H3/b17-7+/t19-/m0/s1. The lowest BCUT2D eigenvalue weighted by atomic mass is 10.1. The Morgan fingerprint density at radius 2 is 1.84 bits per heavy atom. The van der Waals surface area contributed by atoms with Crippen LogP contribution in [0.1, 0.15) is 31.9 Å². The fourth-order valence-electron chi connectivity index (χ4n) is 1.11. The minimum Gasteiger partial charge on any atom is -0.234 e. The molecule has 0 aliphatic rings. The molecule has 0 bridgehead atoms. The second kappa shape index (κ2) is 5.75. The molecule has 1 atom stereocenters. The van der Waals surface area contributed by atoms with Crippen LogP contribution in [0.5, 0.6) is 0 Å². The summed E-state index contributed by atoms with van der Waals surface area (Å²) in [5.41, 5.74) is -0.522. The monoisotopic (exact) mass is 355 g/mol. The van der Waals surface area contributed by atoms with Crippen molar-refractivity contribution in [2.75, 3.05) is 0 Å². The van der Waals surface area contributed by atoms with E-state index in [1.165, 1.54) is 18.3 Å². The van der Waals surface area contributed by atoms with Crippen LogP contribution in [-0.2, 0) is 17.2 Å². The first-order chi connectivity index (χ1) is 8.51. The van der Waals surface area contributed by atoms with E-state index in [1.54, 1.807) is 20.8 Å². The van der Waals surface area contributed by atoms with E-state index in [0.29, 0.717) is 0 Å². The van der Waals surface area contributed by atoms with Crippen LogP contribution in [0, 0.1) is 0 Å². The number of hydrogen-bond donors (Lipinski definition) is 0. The number of benzene rings is 1. The fraction of sp³-hybridized carbons (Fsp3) is 0.417. The predicted molar refractivity (Wildman–Crippen MR) is 74.6 cm³/mol. The number of rotatable bonds is 2. The van der Waals surface area contributed by atoms with Crippen molar-refractivity contribution in [1.29, 1.82) is 0 Å². The first-order valence-corrected chi connectivity index (χ1v) is 7.24. The summed E-state index contributed by atoms with van der Waals surface area (Å²) in [7, 11) is -1.49. The zero-order chi connectivity index (χ0) is 14.8. The highest BCUT2D eigenvalue weighted by Gasteiger charge is 2.33. The molecule has 0 N–H and O–H groups in total. The first-order valence-electron chi connectivity index (χ1n) is 5.34. The number of alkyl halides is 3. The van der Waals surface area contributed by atoms with Gasteiger partial charge in [0.05, 0.1) is 10.3 Å². The van der Waals surface area contributed by atoms with Crippen LogP contribution in [-0.4, -0.2) is 15.2 Å². The number of hydrogen-bond acceptors (Lipinski definition) is 1. The summed E-state index contributed by atoms with van der Waals surface area (Å²) in [5, 5.41) is 0. The Kier molecular flexibility index (Phi) is 4.95. The van der Waals surface area contributed by atoms with E-state index in [1.807, 2.05) is 0 Å². The van der Waals surface area contributed by atoms with E-state index in [0.717, 1.165) is 6.07 Å². The molecule has 7 heteroatoms. The molecular weight excluding hydrogens is 343 g/mol. The van der Waals surface area contributed by atoms with Gasteiger partial charge in [0.15, 0.2) is 0 Å². The lowest BCUT2D eigenvalue weighted by Crippen LogP contribution is -2.19. The highest BCUT2D eigenvalue weighted by molar-refractivity contribution is 9.10. The van der Waals surface area contributed by atoms with Gasteiger partial charge in [0, 0.05) is 10.7 Å². The highest BCUT2D eigenvalue weighted by atomic mass is 79.9. The van der Waals surface area contributed by atoms with Crippen molar-refractivity contribution < 1.29 is 17.4 Å². The largest absolute Gasteiger partial charge is 0.417 e. The fourth-order valence-corrected chi connectivity index (χ4v) is 2.11. The summed E-state index contributed by atoms with van der Waals surface area (Å²) in [6.07, 6.45) is -3.24. The Hall–Kier alpha value is -0.690. The normalized spacial score (nSPS) is 14.9. The van der Waals surface area contributed by atoms with Crippen LogP contribution < -0.4 is 0 Å². The van der Waals surface area contributed by atoms with Crippen LogP contribution in [0.15, 0.2) is 27.1 Å². The molecule has 0 aliphatic carbocycles. The number of halogens is 4. The minimum atomic E-state index is -4.44. The third-order valence-corrected chi connectivity index (χ3v) is 4.15. The maximum atomic E-state index is 12.7. The van der Waals surface area contributed by atoms with Gasteiger partial charge in [-0.3, -0.25) is 0 Å². The molecule has 106 valence electrons. The molecule has 0 radical (unpaired) electrons. The molecule has 1 aromatic carbocycles. The van der Waals surface area contributed by atoms with Crippen molar-refractivity contribution in [2.45, 2.75) is 31.7 Å². The SMILES string of the molecule is CC(C)(C)[S@](=O)/N=C/c1ccc(Br)c(C(F)(F)F)c1. The van der Waals surface area contributed by atoms with Crippen LogP contribution in [0.25, 0.3) is 0 Å². The molecule has 0 amide bonds. The molecule has 0 aliphatic heterocycles. The van der Waals surface area contributed by atoms with Gasteiger partial charge >= 0.3 is 6.18 Å². The lowest BCUT2D eigenvalue weighted by Gasteiger charge is -2.13. The van der Waals surface area contributed by atoms with E-state index >= 15 is 0 Å². The molecule has 0 spiro atoms. The zero-order valence-electron chi connectivity index (χ0n) is 10.6. The number of nitrogens with zero attached hydrogens (tertiary/aromatic N) is 1. The summed E-state index contributed by atoms with van der Waals surface area (Å²) in [4.78, 5) is 0. The molecule has 0 saturated heterocycles. The summed E-state index contributed by atoms with van der Waals surface area (Å²) < 4.78 is 52.9. The molecule has 0 aromatic heterocycles. The van der Waals surface area contributed by atoms with Gasteiger partial charge in [0.1, 0.15) is 11.0 Å². The van der Waals surface area contributed by atoms with Crippen LogP contribution in [0.3, 0.4) is 0 Å². The minimum absolute atomic E-state index is 0.0332. The van der Waals surface area contributed by atoms with Crippen LogP contribution in [0.4, 0.5) is 13.2 Å². The molecule has 0 fully saturated rings. The molecule has 1 aromatic rings. The topological polar surface area (TPSA) is 29.4 Å². The van der Waals surface area contributed by atoms with Gasteiger partial charge in [0.2, 0.25) is 0 Å². The molecule has 0 saturated carbocycles. The van der Waals surface area contributed by atoms with Crippen molar-refractivity contribution in [3.8, 4) is 0 Å². The van der Waals surface area contributed by atoms with Gasteiger partial charge in [-0.15, -0.1) is 0 Å². The maximum Gasteiger partial charge on any atom is 0.417 e. The first kappa shape index (κ1) is 16.4. The van der Waals surface area contributed by atoms with Gasteiger partial charge in [-0.25, -0.2) is 4.21 Å². The van der Waals surface area contributed by atoms with E-state index < -0.39 is 27.5 Å². The molecule has 2 nitrogen and oxygen atoms in total. The summed E-state index contributed by atoms with van der Waals surface area (Å²) in [6, 6.07) is 3.74. The van der Waals surface area contributed by atoms with Crippen molar-refractivity contribution in [3.63, 3.8) is 0 Å². The third kappa shape index (κ3) is 4.72. The second-order valence-corrected chi connectivity index (χ2v) is 7.62.